The van der Waals surface area contributed by atoms with Crippen LogP contribution in [0.1, 0.15) is 37.8 Å². The van der Waals surface area contributed by atoms with Crippen LogP contribution in [0.4, 0.5) is 0 Å². The van der Waals surface area contributed by atoms with Gasteiger partial charge in [0, 0.05) is 66.1 Å². The molecule has 3 atom stereocenters. The molecule has 1 aliphatic carbocycles. The number of rotatable bonds is 4. The summed E-state index contributed by atoms with van der Waals surface area (Å²) in [4.78, 5) is 25.8. The standard InChI is InChI=1S/C25H25N3O4/c1-26-25(30)17-9-13(24(29)27-22-19-10-31-11-20(19)22)8-16-18(12-32-23(16)17)14-4-3-5-21-15(14)6-7-28(21)2/h3-9,18-20,22H,10-12H2,1-2H3,(H,26,30)(H,27,29). The number of aryl methyl sites for hydroxylation is 1. The molecule has 3 heterocycles. The van der Waals surface area contributed by atoms with E-state index in [1.807, 2.05) is 25.4 Å². The molecular weight excluding hydrogens is 406 g/mol. The van der Waals surface area contributed by atoms with Gasteiger partial charge in [-0.25, -0.2) is 0 Å². The Balaban J connectivity index is 1.41. The molecule has 164 valence electrons. The van der Waals surface area contributed by atoms with Crippen LogP contribution in [-0.2, 0) is 11.8 Å². The Hall–Kier alpha value is -3.32. The van der Waals surface area contributed by atoms with Gasteiger partial charge >= 0.3 is 0 Å². The molecule has 2 aliphatic heterocycles. The van der Waals surface area contributed by atoms with E-state index in [-0.39, 0.29) is 23.8 Å². The highest BCUT2D eigenvalue weighted by atomic mass is 16.5. The largest absolute Gasteiger partial charge is 0.491 e. The molecule has 7 heteroatoms. The van der Waals surface area contributed by atoms with Crippen LogP contribution >= 0.6 is 0 Å². The third kappa shape index (κ3) is 2.84. The van der Waals surface area contributed by atoms with Gasteiger partial charge in [-0.3, -0.25) is 9.59 Å². The van der Waals surface area contributed by atoms with E-state index in [1.54, 1.807) is 13.1 Å². The van der Waals surface area contributed by atoms with Gasteiger partial charge < -0.3 is 24.7 Å². The molecule has 0 spiro atoms. The van der Waals surface area contributed by atoms with Crippen LogP contribution in [0.2, 0.25) is 0 Å². The summed E-state index contributed by atoms with van der Waals surface area (Å²) >= 11 is 0. The lowest BCUT2D eigenvalue weighted by Gasteiger charge is -2.14. The number of hydrogen-bond donors (Lipinski definition) is 2. The molecule has 3 aromatic rings. The van der Waals surface area contributed by atoms with Crippen molar-refractivity contribution in [1.82, 2.24) is 15.2 Å². The van der Waals surface area contributed by atoms with Gasteiger partial charge in [-0.15, -0.1) is 0 Å². The Morgan fingerprint density at radius 3 is 2.62 bits per heavy atom. The van der Waals surface area contributed by atoms with Crippen LogP contribution in [-0.4, -0.2) is 49.3 Å². The fraction of sp³-hybridized carbons (Fsp3) is 0.360. The first-order valence-electron chi connectivity index (χ1n) is 11.0. The monoisotopic (exact) mass is 431 g/mol. The number of nitrogens with zero attached hydrogens (tertiary/aromatic N) is 1. The Bertz CT molecular complexity index is 1250. The van der Waals surface area contributed by atoms with Crippen molar-refractivity contribution in [3.8, 4) is 5.75 Å². The molecule has 0 bridgehead atoms. The summed E-state index contributed by atoms with van der Waals surface area (Å²) in [5.41, 5.74) is 4.04. The minimum absolute atomic E-state index is 0.0547. The fourth-order valence-electron chi connectivity index (χ4n) is 5.34. The molecule has 2 aromatic carbocycles. The predicted octanol–water partition coefficient (Wildman–Crippen LogP) is 2.44. The van der Waals surface area contributed by atoms with Crippen molar-refractivity contribution >= 4 is 22.7 Å². The zero-order valence-electron chi connectivity index (χ0n) is 18.1. The normalized spacial score (nSPS) is 25.2. The first-order valence-corrected chi connectivity index (χ1v) is 11.0. The minimum atomic E-state index is -0.258. The zero-order valence-corrected chi connectivity index (χ0v) is 18.1. The number of amides is 2. The molecule has 1 saturated heterocycles. The number of carbonyl (C=O) groups is 2. The van der Waals surface area contributed by atoms with Crippen LogP contribution in [0, 0.1) is 11.8 Å². The Labute approximate surface area is 185 Å². The number of ether oxygens (including phenoxy) is 2. The minimum Gasteiger partial charge on any atom is -0.491 e. The van der Waals surface area contributed by atoms with E-state index >= 15 is 0 Å². The summed E-state index contributed by atoms with van der Waals surface area (Å²) < 4.78 is 13.6. The summed E-state index contributed by atoms with van der Waals surface area (Å²) in [7, 11) is 3.61. The topological polar surface area (TPSA) is 81.6 Å². The van der Waals surface area contributed by atoms with Gasteiger partial charge in [-0.05, 0) is 29.8 Å². The highest BCUT2D eigenvalue weighted by molar-refractivity contribution is 6.02. The van der Waals surface area contributed by atoms with Gasteiger partial charge in [0.2, 0.25) is 0 Å². The summed E-state index contributed by atoms with van der Waals surface area (Å²) in [5, 5.41) is 6.97. The Kier molecular flexibility index (Phi) is 4.30. The van der Waals surface area contributed by atoms with Crippen LogP contribution in [0.5, 0.6) is 5.75 Å². The van der Waals surface area contributed by atoms with Crippen molar-refractivity contribution in [2.24, 2.45) is 18.9 Å². The van der Waals surface area contributed by atoms with Crippen LogP contribution in [0.15, 0.2) is 42.6 Å². The number of aromatic nitrogens is 1. The average Bonchev–Trinajstić information content (AvgIpc) is 3.27. The first kappa shape index (κ1) is 19.4. The van der Waals surface area contributed by atoms with Crippen molar-refractivity contribution in [3.05, 3.63) is 64.8 Å². The molecule has 2 amide bonds. The van der Waals surface area contributed by atoms with Crippen molar-refractivity contribution in [2.75, 3.05) is 26.9 Å². The molecule has 7 nitrogen and oxygen atoms in total. The lowest BCUT2D eigenvalue weighted by atomic mass is 9.88. The smallest absolute Gasteiger partial charge is 0.254 e. The van der Waals surface area contributed by atoms with Crippen molar-refractivity contribution in [2.45, 2.75) is 12.0 Å². The molecular formula is C25H25N3O4. The fourth-order valence-corrected chi connectivity index (χ4v) is 5.34. The second kappa shape index (κ2) is 7.10. The molecule has 0 radical (unpaired) electrons. The summed E-state index contributed by atoms with van der Waals surface area (Å²) in [6.07, 6.45) is 2.04. The number of benzene rings is 2. The maximum Gasteiger partial charge on any atom is 0.254 e. The quantitative estimate of drug-likeness (QED) is 0.665. The van der Waals surface area contributed by atoms with E-state index in [9.17, 15) is 9.59 Å². The Morgan fingerprint density at radius 1 is 1.03 bits per heavy atom. The lowest BCUT2D eigenvalue weighted by molar-refractivity contribution is 0.0929. The van der Waals surface area contributed by atoms with Gasteiger partial charge in [0.1, 0.15) is 5.75 Å². The molecule has 3 unspecified atom stereocenters. The molecule has 1 aromatic heterocycles. The maximum atomic E-state index is 13.1. The van der Waals surface area contributed by atoms with Crippen LogP contribution < -0.4 is 15.4 Å². The third-order valence-electron chi connectivity index (χ3n) is 7.21. The van der Waals surface area contributed by atoms with Gasteiger partial charge in [-0.2, -0.15) is 0 Å². The average molecular weight is 431 g/mol. The van der Waals surface area contributed by atoms with E-state index in [0.717, 1.165) is 22.0 Å². The second-order valence-corrected chi connectivity index (χ2v) is 8.96. The highest BCUT2D eigenvalue weighted by Gasteiger charge is 2.54. The Morgan fingerprint density at radius 2 is 1.84 bits per heavy atom. The van der Waals surface area contributed by atoms with E-state index in [1.165, 1.54) is 0 Å². The van der Waals surface area contributed by atoms with Gasteiger partial charge in [0.05, 0.1) is 25.4 Å². The van der Waals surface area contributed by atoms with Gasteiger partial charge in [0.15, 0.2) is 0 Å². The second-order valence-electron chi connectivity index (χ2n) is 8.96. The summed E-state index contributed by atoms with van der Waals surface area (Å²) in [6.45, 7) is 1.85. The van der Waals surface area contributed by atoms with Gasteiger partial charge in [-0.1, -0.05) is 12.1 Å². The SMILES string of the molecule is CNC(=O)c1cc(C(=O)NC2C3COCC32)cc2c1OCC2c1cccc2c1ccn2C. The van der Waals surface area contributed by atoms with E-state index in [0.29, 0.717) is 48.5 Å². The third-order valence-corrected chi connectivity index (χ3v) is 7.21. The molecule has 2 fully saturated rings. The predicted molar refractivity (Wildman–Crippen MR) is 119 cm³/mol. The molecule has 2 N–H and O–H groups in total. The lowest BCUT2D eigenvalue weighted by Crippen LogP contribution is -2.30. The first-order chi connectivity index (χ1) is 15.6. The molecule has 3 aliphatic rings. The summed E-state index contributed by atoms with van der Waals surface area (Å²) in [6, 6.07) is 12.0. The maximum absolute atomic E-state index is 13.1. The van der Waals surface area contributed by atoms with Crippen molar-refractivity contribution < 1.29 is 19.1 Å². The van der Waals surface area contributed by atoms with Crippen molar-refractivity contribution in [3.63, 3.8) is 0 Å². The number of carbonyl (C=O) groups excluding carboxylic acids is 2. The summed E-state index contributed by atoms with van der Waals surface area (Å²) in [5.74, 6) is 0.931. The van der Waals surface area contributed by atoms with Crippen LogP contribution in [0.3, 0.4) is 0 Å². The van der Waals surface area contributed by atoms with Gasteiger partial charge in [0.25, 0.3) is 11.8 Å². The molecule has 6 rings (SSSR count). The van der Waals surface area contributed by atoms with E-state index in [2.05, 4.69) is 33.4 Å². The van der Waals surface area contributed by atoms with E-state index in [4.69, 9.17) is 9.47 Å². The van der Waals surface area contributed by atoms with E-state index < -0.39 is 0 Å². The molecule has 32 heavy (non-hydrogen) atoms. The zero-order chi connectivity index (χ0) is 22.0. The number of hydrogen-bond acceptors (Lipinski definition) is 4. The number of nitrogens with one attached hydrogen (secondary N) is 2. The molecule has 1 saturated carbocycles. The highest BCUT2D eigenvalue weighted by Crippen LogP contribution is 2.45. The van der Waals surface area contributed by atoms with Crippen LogP contribution in [0.25, 0.3) is 10.9 Å². The number of fused-ring (bicyclic) bond motifs is 3. The van der Waals surface area contributed by atoms with Crippen molar-refractivity contribution in [1.29, 1.82) is 0 Å².